The minimum atomic E-state index is 0.00318. The Bertz CT molecular complexity index is 1080. The van der Waals surface area contributed by atoms with Crippen molar-refractivity contribution in [2.75, 3.05) is 18.4 Å². The van der Waals surface area contributed by atoms with Crippen LogP contribution in [0.1, 0.15) is 37.4 Å². The van der Waals surface area contributed by atoms with Crippen molar-refractivity contribution in [3.63, 3.8) is 0 Å². The van der Waals surface area contributed by atoms with E-state index in [1.165, 1.54) is 12.8 Å². The van der Waals surface area contributed by atoms with Gasteiger partial charge in [0.1, 0.15) is 11.8 Å². The van der Waals surface area contributed by atoms with Crippen molar-refractivity contribution in [1.29, 1.82) is 0 Å². The number of amides is 1. The zero-order chi connectivity index (χ0) is 21.0. The molecule has 1 aliphatic carbocycles. The lowest BCUT2D eigenvalue weighted by Gasteiger charge is -2.24. The second-order valence-electron chi connectivity index (χ2n) is 8.10. The number of nitrogens with zero attached hydrogens (tertiary/aromatic N) is 4. The Kier molecular flexibility index (Phi) is 5.52. The number of nitrogens with one attached hydrogen (secondary N) is 2. The van der Waals surface area contributed by atoms with Crippen molar-refractivity contribution in [3.05, 3.63) is 48.3 Å². The molecule has 2 aliphatic rings. The number of aromatic nitrogens is 3. The molecule has 0 spiro atoms. The van der Waals surface area contributed by atoms with Crippen LogP contribution in [-0.2, 0) is 16.1 Å². The number of hydrogen-bond acceptors (Lipinski definition) is 6. The van der Waals surface area contributed by atoms with Gasteiger partial charge in [0.25, 0.3) is 0 Å². The Morgan fingerprint density at radius 2 is 2.06 bits per heavy atom. The van der Waals surface area contributed by atoms with Crippen molar-refractivity contribution in [1.82, 2.24) is 19.9 Å². The number of rotatable bonds is 8. The van der Waals surface area contributed by atoms with Gasteiger partial charge in [0.15, 0.2) is 6.40 Å². The molecular weight excluding hydrogens is 392 g/mol. The van der Waals surface area contributed by atoms with Gasteiger partial charge in [-0.1, -0.05) is 18.6 Å². The number of benzene rings is 1. The topological polar surface area (TPSA) is 93.4 Å². The Morgan fingerprint density at radius 1 is 1.19 bits per heavy atom. The number of carbonyl (C=O) groups excluding carboxylic acids is 1. The molecule has 3 aromatic rings. The van der Waals surface area contributed by atoms with E-state index in [2.05, 4.69) is 25.2 Å². The minimum Gasteiger partial charge on any atom is -0.474 e. The summed E-state index contributed by atoms with van der Waals surface area (Å²) >= 11 is 0. The normalized spacial score (nSPS) is 18.0. The highest BCUT2D eigenvalue weighted by atomic mass is 16.5. The lowest BCUT2D eigenvalue weighted by molar-refractivity contribution is -0.127. The van der Waals surface area contributed by atoms with E-state index in [0.717, 1.165) is 48.1 Å². The third-order valence-electron chi connectivity index (χ3n) is 5.96. The second-order valence-corrected chi connectivity index (χ2v) is 8.10. The first-order valence-electron chi connectivity index (χ1n) is 10.9. The van der Waals surface area contributed by atoms with E-state index in [4.69, 9.17) is 9.72 Å². The number of fused-ring (bicyclic) bond motifs is 1. The summed E-state index contributed by atoms with van der Waals surface area (Å²) in [5, 5.41) is 7.32. The molecule has 8 nitrogen and oxygen atoms in total. The SMILES string of the molecule is O=C(NCCCn1ccc2cnc(Nc3ccc(C4CN=CO4)cc3)nc21)C1CCC1. The third kappa shape index (κ3) is 4.38. The summed E-state index contributed by atoms with van der Waals surface area (Å²) in [6, 6.07) is 10.1. The van der Waals surface area contributed by atoms with Gasteiger partial charge < -0.3 is 19.9 Å². The summed E-state index contributed by atoms with van der Waals surface area (Å²) in [4.78, 5) is 25.2. The van der Waals surface area contributed by atoms with Crippen molar-refractivity contribution < 1.29 is 9.53 Å². The molecule has 0 bridgehead atoms. The molecule has 3 heterocycles. The number of anilines is 2. The highest BCUT2D eigenvalue weighted by molar-refractivity contribution is 5.79. The Hall–Kier alpha value is -3.42. The molecule has 1 unspecified atom stereocenters. The molecule has 5 rings (SSSR count). The number of ether oxygens (including phenoxy) is 1. The van der Waals surface area contributed by atoms with E-state index in [0.29, 0.717) is 19.0 Å². The number of aliphatic imine (C=N–C) groups is 1. The first-order valence-corrected chi connectivity index (χ1v) is 10.9. The van der Waals surface area contributed by atoms with E-state index in [1.54, 1.807) is 0 Å². The molecule has 1 fully saturated rings. The zero-order valence-corrected chi connectivity index (χ0v) is 17.3. The molecular formula is C23H26N6O2. The maximum absolute atomic E-state index is 12.0. The first-order chi connectivity index (χ1) is 15.3. The lowest BCUT2D eigenvalue weighted by atomic mass is 9.85. The van der Waals surface area contributed by atoms with Crippen molar-refractivity contribution in [2.45, 2.75) is 38.3 Å². The van der Waals surface area contributed by atoms with Crippen LogP contribution in [-0.4, -0.2) is 39.9 Å². The van der Waals surface area contributed by atoms with Gasteiger partial charge in [0, 0.05) is 42.5 Å². The fourth-order valence-corrected chi connectivity index (χ4v) is 3.88. The van der Waals surface area contributed by atoms with Crippen LogP contribution < -0.4 is 10.6 Å². The van der Waals surface area contributed by atoms with E-state index < -0.39 is 0 Å². The van der Waals surface area contributed by atoms with Crippen LogP contribution in [0.2, 0.25) is 0 Å². The van der Waals surface area contributed by atoms with Crippen LogP contribution in [0.5, 0.6) is 0 Å². The van der Waals surface area contributed by atoms with Gasteiger partial charge in [-0.15, -0.1) is 0 Å². The molecule has 1 atom stereocenters. The molecule has 1 saturated carbocycles. The Morgan fingerprint density at radius 3 is 2.81 bits per heavy atom. The standard InChI is InChI=1S/C23H26N6O2/c30-22(17-3-1-4-17)25-10-2-11-29-12-9-18-13-26-23(28-21(18)29)27-19-7-5-16(6-8-19)20-14-24-15-31-20/h5-9,12-13,15,17,20H,1-4,10-11,14H2,(H,25,30)(H,26,27,28). The predicted molar refractivity (Wildman–Crippen MR) is 119 cm³/mol. The van der Waals surface area contributed by atoms with Crippen LogP contribution in [0.15, 0.2) is 47.7 Å². The first kappa shape index (κ1) is 19.5. The Balaban J connectivity index is 1.19. The van der Waals surface area contributed by atoms with Crippen LogP contribution in [0.3, 0.4) is 0 Å². The van der Waals surface area contributed by atoms with E-state index in [9.17, 15) is 4.79 Å². The molecule has 2 N–H and O–H groups in total. The second kappa shape index (κ2) is 8.75. The highest BCUT2D eigenvalue weighted by Gasteiger charge is 2.24. The minimum absolute atomic E-state index is 0.00318. The maximum Gasteiger partial charge on any atom is 0.229 e. The third-order valence-corrected chi connectivity index (χ3v) is 5.96. The molecule has 31 heavy (non-hydrogen) atoms. The average Bonchev–Trinajstić information content (AvgIpc) is 3.41. The smallest absolute Gasteiger partial charge is 0.229 e. The van der Waals surface area contributed by atoms with Gasteiger partial charge in [-0.05, 0) is 43.0 Å². The number of aryl methyl sites for hydroxylation is 1. The van der Waals surface area contributed by atoms with Gasteiger partial charge in [0.05, 0.1) is 6.54 Å². The summed E-state index contributed by atoms with van der Waals surface area (Å²) in [6.07, 6.45) is 9.48. The number of carbonyl (C=O) groups is 1. The summed E-state index contributed by atoms with van der Waals surface area (Å²) in [5.74, 6) is 0.997. The van der Waals surface area contributed by atoms with Crippen LogP contribution in [0.25, 0.3) is 11.0 Å². The molecule has 1 aromatic carbocycles. The van der Waals surface area contributed by atoms with Gasteiger partial charge in [0.2, 0.25) is 11.9 Å². The van der Waals surface area contributed by atoms with Gasteiger partial charge in [-0.25, -0.2) is 4.98 Å². The van der Waals surface area contributed by atoms with E-state index in [-0.39, 0.29) is 17.9 Å². The Labute approximate surface area is 180 Å². The number of hydrogen-bond donors (Lipinski definition) is 2. The van der Waals surface area contributed by atoms with Crippen molar-refractivity contribution >= 4 is 35.0 Å². The van der Waals surface area contributed by atoms with E-state index in [1.807, 2.05) is 42.7 Å². The fraction of sp³-hybridized carbons (Fsp3) is 0.391. The summed E-state index contributed by atoms with van der Waals surface area (Å²) in [6.45, 7) is 2.14. The predicted octanol–water partition coefficient (Wildman–Crippen LogP) is 3.58. The average molecular weight is 419 g/mol. The van der Waals surface area contributed by atoms with Crippen molar-refractivity contribution in [2.24, 2.45) is 10.9 Å². The largest absolute Gasteiger partial charge is 0.474 e. The summed E-state index contributed by atoms with van der Waals surface area (Å²) in [5.41, 5.74) is 2.90. The fourth-order valence-electron chi connectivity index (χ4n) is 3.88. The van der Waals surface area contributed by atoms with Gasteiger partial charge >= 0.3 is 0 Å². The van der Waals surface area contributed by atoms with Crippen molar-refractivity contribution in [3.8, 4) is 0 Å². The lowest BCUT2D eigenvalue weighted by Crippen LogP contribution is -2.35. The maximum atomic E-state index is 12.0. The molecule has 2 aromatic heterocycles. The van der Waals surface area contributed by atoms with Crippen LogP contribution >= 0.6 is 0 Å². The van der Waals surface area contributed by atoms with Crippen LogP contribution in [0.4, 0.5) is 11.6 Å². The van der Waals surface area contributed by atoms with Gasteiger partial charge in [-0.2, -0.15) is 4.98 Å². The summed E-state index contributed by atoms with van der Waals surface area (Å²) < 4.78 is 7.57. The molecule has 160 valence electrons. The van der Waals surface area contributed by atoms with Crippen LogP contribution in [0, 0.1) is 5.92 Å². The molecule has 0 radical (unpaired) electrons. The molecule has 8 heteroatoms. The molecule has 0 saturated heterocycles. The molecule has 1 aliphatic heterocycles. The molecule has 1 amide bonds. The van der Waals surface area contributed by atoms with Gasteiger partial charge in [-0.3, -0.25) is 9.79 Å². The zero-order valence-electron chi connectivity index (χ0n) is 17.3. The van der Waals surface area contributed by atoms with E-state index >= 15 is 0 Å². The monoisotopic (exact) mass is 418 g/mol. The quantitative estimate of drug-likeness (QED) is 0.546. The highest BCUT2D eigenvalue weighted by Crippen LogP contribution is 2.26. The summed E-state index contributed by atoms with van der Waals surface area (Å²) in [7, 11) is 0.